The predicted octanol–water partition coefficient (Wildman–Crippen LogP) is 1.27. The van der Waals surface area contributed by atoms with E-state index < -0.39 is 11.0 Å². The molecule has 0 bridgehead atoms. The molecule has 1 rings (SSSR count). The minimum atomic E-state index is -0.615. The van der Waals surface area contributed by atoms with E-state index in [0.717, 1.165) is 6.42 Å². The van der Waals surface area contributed by atoms with Gasteiger partial charge in [-0.2, -0.15) is 0 Å². The Balaban J connectivity index is 0.00000110. The summed E-state index contributed by atoms with van der Waals surface area (Å²) in [5.74, 6) is -0.621. The molecule has 0 heterocycles. The Hall–Kier alpha value is -2.97. The van der Waals surface area contributed by atoms with Gasteiger partial charge < -0.3 is 16.0 Å². The zero-order chi connectivity index (χ0) is 20.1. The fraction of sp³-hybridized carbons (Fsp3) is 0.471. The lowest BCUT2D eigenvalue weighted by atomic mass is 10.1. The number of amides is 3. The Morgan fingerprint density at radius 2 is 1.73 bits per heavy atom. The molecule has 3 N–H and O–H groups in total. The first kappa shape index (κ1) is 23.0. The number of rotatable bonds is 7. The molecule has 9 heteroatoms. The standard InChI is InChI=1S/C14H19N3O4.C3H7NO/c1-3-6-12(16-10(2)18)14(19)15-9-11-7-4-5-8-13(11)17(20)21;1-3(5)4-2/h4-5,7-8,12H,3,6,9H2,1-2H3,(H,15,19)(H,16,18);1-2H3,(H,4,5). The topological polar surface area (TPSA) is 130 Å². The highest BCUT2D eigenvalue weighted by Gasteiger charge is 2.19. The van der Waals surface area contributed by atoms with Gasteiger partial charge in [0.25, 0.3) is 5.69 Å². The highest BCUT2D eigenvalue weighted by molar-refractivity contribution is 5.86. The summed E-state index contributed by atoms with van der Waals surface area (Å²) in [5.41, 5.74) is 0.387. The van der Waals surface area contributed by atoms with Crippen molar-refractivity contribution in [2.45, 2.75) is 46.2 Å². The van der Waals surface area contributed by atoms with Crippen LogP contribution in [0.15, 0.2) is 24.3 Å². The van der Waals surface area contributed by atoms with E-state index in [9.17, 15) is 24.5 Å². The van der Waals surface area contributed by atoms with Crippen molar-refractivity contribution >= 4 is 23.4 Å². The Labute approximate surface area is 152 Å². The molecule has 0 aliphatic carbocycles. The van der Waals surface area contributed by atoms with Gasteiger partial charge in [-0.05, 0) is 6.42 Å². The van der Waals surface area contributed by atoms with Gasteiger partial charge in [-0.15, -0.1) is 0 Å². The van der Waals surface area contributed by atoms with E-state index in [1.807, 2.05) is 6.92 Å². The number of nitro groups is 1. The van der Waals surface area contributed by atoms with Crippen molar-refractivity contribution in [1.82, 2.24) is 16.0 Å². The molecule has 0 saturated heterocycles. The number of nitro benzene ring substituents is 1. The van der Waals surface area contributed by atoms with Gasteiger partial charge in [0.1, 0.15) is 6.04 Å². The monoisotopic (exact) mass is 366 g/mol. The van der Waals surface area contributed by atoms with Gasteiger partial charge >= 0.3 is 0 Å². The first-order valence-corrected chi connectivity index (χ1v) is 8.18. The number of carbonyl (C=O) groups excluding carboxylic acids is 3. The van der Waals surface area contributed by atoms with Crippen LogP contribution in [0.3, 0.4) is 0 Å². The highest BCUT2D eigenvalue weighted by atomic mass is 16.6. The number of hydrogen-bond acceptors (Lipinski definition) is 5. The van der Waals surface area contributed by atoms with Gasteiger partial charge in [0, 0.05) is 39.1 Å². The van der Waals surface area contributed by atoms with Gasteiger partial charge in [-0.3, -0.25) is 24.5 Å². The van der Waals surface area contributed by atoms with Crippen LogP contribution in [0, 0.1) is 10.1 Å². The highest BCUT2D eigenvalue weighted by Crippen LogP contribution is 2.17. The first-order valence-electron chi connectivity index (χ1n) is 8.18. The molecule has 3 amide bonds. The van der Waals surface area contributed by atoms with E-state index in [1.54, 1.807) is 25.2 Å². The van der Waals surface area contributed by atoms with Crippen LogP contribution < -0.4 is 16.0 Å². The molecule has 1 unspecified atom stereocenters. The Morgan fingerprint density at radius 3 is 2.19 bits per heavy atom. The molecule has 9 nitrogen and oxygen atoms in total. The molecule has 0 aliphatic heterocycles. The van der Waals surface area contributed by atoms with Crippen molar-refractivity contribution < 1.29 is 19.3 Å². The molecular weight excluding hydrogens is 340 g/mol. The van der Waals surface area contributed by atoms with E-state index in [1.165, 1.54) is 19.9 Å². The van der Waals surface area contributed by atoms with E-state index in [2.05, 4.69) is 16.0 Å². The van der Waals surface area contributed by atoms with Crippen molar-refractivity contribution in [2.24, 2.45) is 0 Å². The molecule has 0 fully saturated rings. The SMILES string of the molecule is CCCC(NC(C)=O)C(=O)NCc1ccccc1[N+](=O)[O-].CNC(C)=O. The second kappa shape index (κ2) is 12.4. The van der Waals surface area contributed by atoms with Crippen LogP contribution in [0.2, 0.25) is 0 Å². The summed E-state index contributed by atoms with van der Waals surface area (Å²) in [6, 6.07) is 5.60. The average molecular weight is 366 g/mol. The summed E-state index contributed by atoms with van der Waals surface area (Å²) in [6.45, 7) is 4.78. The Morgan fingerprint density at radius 1 is 1.15 bits per heavy atom. The third kappa shape index (κ3) is 9.36. The quantitative estimate of drug-likeness (QED) is 0.494. The number of para-hydroxylation sites is 1. The van der Waals surface area contributed by atoms with Gasteiger partial charge in [0.2, 0.25) is 17.7 Å². The van der Waals surface area contributed by atoms with Crippen molar-refractivity contribution in [3.63, 3.8) is 0 Å². The molecule has 0 aromatic heterocycles. The molecule has 1 aromatic carbocycles. The summed E-state index contributed by atoms with van der Waals surface area (Å²) in [7, 11) is 1.60. The number of nitrogens with one attached hydrogen (secondary N) is 3. The van der Waals surface area contributed by atoms with Crippen LogP contribution >= 0.6 is 0 Å². The lowest BCUT2D eigenvalue weighted by Gasteiger charge is -2.16. The third-order valence-corrected chi connectivity index (χ3v) is 3.26. The van der Waals surface area contributed by atoms with Gasteiger partial charge in [-0.1, -0.05) is 31.5 Å². The summed E-state index contributed by atoms with van der Waals surface area (Å²) in [4.78, 5) is 43.2. The lowest BCUT2D eigenvalue weighted by molar-refractivity contribution is -0.385. The third-order valence-electron chi connectivity index (χ3n) is 3.26. The second-order valence-corrected chi connectivity index (χ2v) is 5.45. The Kier molecular flexibility index (Phi) is 11.0. The largest absolute Gasteiger partial charge is 0.359 e. The fourth-order valence-corrected chi connectivity index (χ4v) is 1.95. The summed E-state index contributed by atoms with van der Waals surface area (Å²) in [5, 5.41) is 18.5. The predicted molar refractivity (Wildman–Crippen MR) is 97.2 cm³/mol. The van der Waals surface area contributed by atoms with Crippen LogP contribution in [-0.4, -0.2) is 35.7 Å². The molecule has 0 spiro atoms. The first-order chi connectivity index (χ1) is 12.2. The number of nitrogens with zero attached hydrogens (tertiary/aromatic N) is 1. The van der Waals surface area contributed by atoms with Crippen molar-refractivity contribution in [1.29, 1.82) is 0 Å². The van der Waals surface area contributed by atoms with Gasteiger partial charge in [0.15, 0.2) is 0 Å². The molecule has 144 valence electrons. The van der Waals surface area contributed by atoms with Crippen molar-refractivity contribution in [3.8, 4) is 0 Å². The van der Waals surface area contributed by atoms with Crippen LogP contribution in [-0.2, 0) is 20.9 Å². The number of carbonyl (C=O) groups is 3. The molecule has 26 heavy (non-hydrogen) atoms. The van der Waals surface area contributed by atoms with Crippen LogP contribution in [0.25, 0.3) is 0 Å². The zero-order valence-electron chi connectivity index (χ0n) is 15.5. The summed E-state index contributed by atoms with van der Waals surface area (Å²) >= 11 is 0. The molecular formula is C17H26N4O5. The fourth-order valence-electron chi connectivity index (χ4n) is 1.95. The zero-order valence-corrected chi connectivity index (χ0v) is 15.5. The molecule has 1 atom stereocenters. The van der Waals surface area contributed by atoms with E-state index in [4.69, 9.17) is 0 Å². The maximum absolute atomic E-state index is 12.0. The summed E-state index contributed by atoms with van der Waals surface area (Å²) in [6.07, 6.45) is 1.26. The number of benzene rings is 1. The van der Waals surface area contributed by atoms with Gasteiger partial charge in [0.05, 0.1) is 4.92 Å². The Bertz CT molecular complexity index is 633. The van der Waals surface area contributed by atoms with Crippen LogP contribution in [0.4, 0.5) is 5.69 Å². The van der Waals surface area contributed by atoms with E-state index in [0.29, 0.717) is 12.0 Å². The minimum absolute atomic E-state index is 0.00463. The lowest BCUT2D eigenvalue weighted by Crippen LogP contribution is -2.45. The maximum atomic E-state index is 12.0. The molecule has 0 aliphatic rings. The smallest absolute Gasteiger partial charge is 0.274 e. The van der Waals surface area contributed by atoms with E-state index >= 15 is 0 Å². The van der Waals surface area contributed by atoms with Gasteiger partial charge in [-0.25, -0.2) is 0 Å². The average Bonchev–Trinajstić information content (AvgIpc) is 2.59. The van der Waals surface area contributed by atoms with E-state index in [-0.39, 0.29) is 30.0 Å². The number of hydrogen-bond donors (Lipinski definition) is 3. The normalized spacial score (nSPS) is 10.6. The van der Waals surface area contributed by atoms with Crippen LogP contribution in [0.5, 0.6) is 0 Å². The second-order valence-electron chi connectivity index (χ2n) is 5.45. The van der Waals surface area contributed by atoms with Crippen molar-refractivity contribution in [2.75, 3.05) is 7.05 Å². The molecule has 0 saturated carbocycles. The van der Waals surface area contributed by atoms with Crippen molar-refractivity contribution in [3.05, 3.63) is 39.9 Å². The minimum Gasteiger partial charge on any atom is -0.359 e. The molecule has 1 aromatic rings. The van der Waals surface area contributed by atoms with Crippen LogP contribution in [0.1, 0.15) is 39.2 Å². The maximum Gasteiger partial charge on any atom is 0.274 e. The summed E-state index contributed by atoms with van der Waals surface area (Å²) < 4.78 is 0. The molecule has 0 radical (unpaired) electrons.